The summed E-state index contributed by atoms with van der Waals surface area (Å²) in [5.41, 5.74) is 5.13. The van der Waals surface area contributed by atoms with Gasteiger partial charge in [-0.3, -0.25) is 4.79 Å². The van der Waals surface area contributed by atoms with E-state index in [1.807, 2.05) is 0 Å². The van der Waals surface area contributed by atoms with Crippen LogP contribution in [0.15, 0.2) is 0 Å². The minimum atomic E-state index is -3.08. The van der Waals surface area contributed by atoms with Gasteiger partial charge in [0.15, 0.2) is 0 Å². The summed E-state index contributed by atoms with van der Waals surface area (Å²) in [4.78, 5) is 11.1. The maximum Gasteiger partial charge on any atom is 0.575 e. The lowest BCUT2D eigenvalue weighted by Gasteiger charge is -2.21. The van der Waals surface area contributed by atoms with Crippen LogP contribution in [0.4, 0.5) is 0 Å². The fourth-order valence-corrected chi connectivity index (χ4v) is 2.15. The molecule has 0 aromatic rings. The molecule has 0 aromatic carbocycles. The standard InChI is InChI=1S/C5H13NO4Si/c1-8-11(9-2,10-3)5(7)4-6/h4,6H2,1-3H3. The predicted molar refractivity (Wildman–Crippen MR) is 40.8 cm³/mol. The van der Waals surface area contributed by atoms with Gasteiger partial charge in [0.05, 0.1) is 6.54 Å². The average Bonchev–Trinajstić information content (AvgIpc) is 2.08. The zero-order valence-electron chi connectivity index (χ0n) is 6.92. The first-order valence-corrected chi connectivity index (χ1v) is 4.78. The number of rotatable bonds is 5. The Morgan fingerprint density at radius 1 is 1.27 bits per heavy atom. The Bertz CT molecular complexity index is 128. The van der Waals surface area contributed by atoms with E-state index in [0.717, 1.165) is 0 Å². The molecule has 0 unspecified atom stereocenters. The molecule has 2 N–H and O–H groups in total. The van der Waals surface area contributed by atoms with Crippen molar-refractivity contribution in [1.29, 1.82) is 0 Å². The van der Waals surface area contributed by atoms with E-state index in [1.54, 1.807) is 0 Å². The molecular formula is C5H13NO4Si. The Hall–Kier alpha value is -0.273. The smallest absolute Gasteiger partial charge is 0.372 e. The van der Waals surface area contributed by atoms with Crippen molar-refractivity contribution in [1.82, 2.24) is 0 Å². The summed E-state index contributed by atoms with van der Waals surface area (Å²) in [5.74, 6) is 0. The van der Waals surface area contributed by atoms with E-state index in [4.69, 9.17) is 19.0 Å². The van der Waals surface area contributed by atoms with Crippen LogP contribution in [0.2, 0.25) is 0 Å². The summed E-state index contributed by atoms with van der Waals surface area (Å²) in [6.45, 7) is -0.123. The van der Waals surface area contributed by atoms with Gasteiger partial charge in [0.1, 0.15) is 0 Å². The quantitative estimate of drug-likeness (QED) is 0.544. The van der Waals surface area contributed by atoms with Crippen molar-refractivity contribution in [3.05, 3.63) is 0 Å². The minimum Gasteiger partial charge on any atom is -0.372 e. The van der Waals surface area contributed by atoms with Crippen LogP contribution in [0.25, 0.3) is 0 Å². The van der Waals surface area contributed by atoms with E-state index in [0.29, 0.717) is 0 Å². The normalized spacial score (nSPS) is 11.6. The number of carbonyl (C=O) groups is 1. The third-order valence-corrected chi connectivity index (χ3v) is 3.83. The van der Waals surface area contributed by atoms with E-state index in [9.17, 15) is 4.79 Å². The molecule has 0 heterocycles. The number of nitrogens with two attached hydrogens (primary N) is 1. The van der Waals surface area contributed by atoms with Crippen LogP contribution in [-0.2, 0) is 18.1 Å². The van der Waals surface area contributed by atoms with Crippen LogP contribution in [0.3, 0.4) is 0 Å². The molecule has 0 aliphatic heterocycles. The fraction of sp³-hybridized carbons (Fsp3) is 0.800. The number of hydrogen-bond acceptors (Lipinski definition) is 5. The predicted octanol–water partition coefficient (Wildman–Crippen LogP) is -1.07. The highest BCUT2D eigenvalue weighted by atomic mass is 28.4. The molecule has 0 radical (unpaired) electrons. The van der Waals surface area contributed by atoms with E-state index in [-0.39, 0.29) is 12.0 Å². The number of carbonyl (C=O) groups excluding carboxylic acids is 1. The molecule has 0 bridgehead atoms. The van der Waals surface area contributed by atoms with Gasteiger partial charge in [-0.1, -0.05) is 0 Å². The Labute approximate surface area is 66.8 Å². The van der Waals surface area contributed by atoms with Crippen LogP contribution < -0.4 is 5.73 Å². The van der Waals surface area contributed by atoms with Crippen LogP contribution in [0.1, 0.15) is 0 Å². The molecule has 11 heavy (non-hydrogen) atoms. The largest absolute Gasteiger partial charge is 0.575 e. The first-order valence-electron chi connectivity index (χ1n) is 3.05. The van der Waals surface area contributed by atoms with E-state index in [1.165, 1.54) is 21.3 Å². The van der Waals surface area contributed by atoms with Crippen molar-refractivity contribution in [2.45, 2.75) is 0 Å². The highest BCUT2D eigenvalue weighted by molar-refractivity contribution is 6.92. The maximum atomic E-state index is 11.1. The molecule has 0 aliphatic rings. The highest BCUT2D eigenvalue weighted by Gasteiger charge is 2.46. The average molecular weight is 179 g/mol. The molecule has 6 heteroatoms. The SMILES string of the molecule is CO[Si](OC)(OC)C(=O)CN. The zero-order valence-corrected chi connectivity index (χ0v) is 7.92. The van der Waals surface area contributed by atoms with Gasteiger partial charge in [0, 0.05) is 21.3 Å². The van der Waals surface area contributed by atoms with Gasteiger partial charge in [0.2, 0.25) is 5.41 Å². The lowest BCUT2D eigenvalue weighted by atomic mass is 10.8. The van der Waals surface area contributed by atoms with E-state index in [2.05, 4.69) is 0 Å². The summed E-state index contributed by atoms with van der Waals surface area (Å²) >= 11 is 0. The van der Waals surface area contributed by atoms with Crippen LogP contribution >= 0.6 is 0 Å². The highest BCUT2D eigenvalue weighted by Crippen LogP contribution is 2.05. The molecule has 0 aromatic heterocycles. The Morgan fingerprint density at radius 3 is 1.73 bits per heavy atom. The molecule has 5 nitrogen and oxygen atoms in total. The molecule has 0 atom stereocenters. The summed E-state index contributed by atoms with van der Waals surface area (Å²) in [5, 5.41) is -0.315. The molecular weight excluding hydrogens is 166 g/mol. The molecule has 0 aliphatic carbocycles. The monoisotopic (exact) mass is 179 g/mol. The lowest BCUT2D eigenvalue weighted by molar-refractivity contribution is -0.117. The summed E-state index contributed by atoms with van der Waals surface area (Å²) in [6, 6.07) is 0. The molecule has 66 valence electrons. The Balaban J connectivity index is 4.39. The van der Waals surface area contributed by atoms with Gasteiger partial charge in [-0.2, -0.15) is 0 Å². The van der Waals surface area contributed by atoms with Crippen LogP contribution in [0.5, 0.6) is 0 Å². The molecule has 0 spiro atoms. The van der Waals surface area contributed by atoms with Crippen molar-refractivity contribution in [3.63, 3.8) is 0 Å². The van der Waals surface area contributed by atoms with Crippen molar-refractivity contribution < 1.29 is 18.1 Å². The van der Waals surface area contributed by atoms with Gasteiger partial charge >= 0.3 is 8.80 Å². The topological polar surface area (TPSA) is 70.8 Å². The van der Waals surface area contributed by atoms with Gasteiger partial charge in [-0.15, -0.1) is 0 Å². The van der Waals surface area contributed by atoms with Crippen molar-refractivity contribution >= 4 is 14.2 Å². The van der Waals surface area contributed by atoms with E-state index >= 15 is 0 Å². The lowest BCUT2D eigenvalue weighted by Crippen LogP contribution is -2.54. The number of hydrogen-bond donors (Lipinski definition) is 1. The van der Waals surface area contributed by atoms with Crippen molar-refractivity contribution in [3.8, 4) is 0 Å². The van der Waals surface area contributed by atoms with Crippen LogP contribution in [0, 0.1) is 0 Å². The molecule has 0 saturated heterocycles. The third kappa shape index (κ3) is 2.08. The maximum absolute atomic E-state index is 11.1. The Morgan fingerprint density at radius 2 is 1.64 bits per heavy atom. The first-order chi connectivity index (χ1) is 5.16. The zero-order chi connectivity index (χ0) is 8.91. The minimum absolute atomic E-state index is 0.123. The first kappa shape index (κ1) is 10.7. The molecule has 0 saturated carbocycles. The van der Waals surface area contributed by atoms with Crippen molar-refractivity contribution in [2.24, 2.45) is 5.73 Å². The second-order valence-corrected chi connectivity index (χ2v) is 4.69. The second-order valence-electron chi connectivity index (χ2n) is 1.80. The van der Waals surface area contributed by atoms with Crippen molar-refractivity contribution in [2.75, 3.05) is 27.9 Å². The third-order valence-electron chi connectivity index (χ3n) is 1.33. The van der Waals surface area contributed by atoms with Gasteiger partial charge < -0.3 is 19.0 Å². The summed E-state index contributed by atoms with van der Waals surface area (Å²) in [7, 11) is 1.02. The molecule has 0 amide bonds. The summed E-state index contributed by atoms with van der Waals surface area (Å²) in [6.07, 6.45) is 0. The fourth-order valence-electron chi connectivity index (χ4n) is 0.717. The van der Waals surface area contributed by atoms with Gasteiger partial charge in [-0.25, -0.2) is 0 Å². The Kier molecular flexibility index (Phi) is 4.46. The van der Waals surface area contributed by atoms with Crippen LogP contribution in [-0.4, -0.2) is 42.1 Å². The van der Waals surface area contributed by atoms with E-state index < -0.39 is 8.80 Å². The van der Waals surface area contributed by atoms with Gasteiger partial charge in [0.25, 0.3) is 0 Å². The molecule has 0 fully saturated rings. The van der Waals surface area contributed by atoms with Gasteiger partial charge in [-0.05, 0) is 0 Å². The second kappa shape index (κ2) is 4.57. The molecule has 0 rings (SSSR count). The summed E-state index contributed by atoms with van der Waals surface area (Å²) < 4.78 is 14.6.